The normalized spacial score (nSPS) is 11.6. The van der Waals surface area contributed by atoms with E-state index in [1.165, 1.54) is 6.92 Å². The molecular weight excluding hydrogens is 390 g/mol. The fourth-order valence-corrected chi connectivity index (χ4v) is 3.42. The van der Waals surface area contributed by atoms with Crippen LogP contribution >= 0.6 is 0 Å². The van der Waals surface area contributed by atoms with Gasteiger partial charge in [0.25, 0.3) is 0 Å². The van der Waals surface area contributed by atoms with E-state index in [-0.39, 0.29) is 24.0 Å². The minimum atomic E-state index is -0.911. The first-order valence-electron chi connectivity index (χ1n) is 10.2. The number of ether oxygens (including phenoxy) is 1. The van der Waals surface area contributed by atoms with Gasteiger partial charge in [0.15, 0.2) is 6.10 Å². The first-order valence-corrected chi connectivity index (χ1v) is 10.2. The Morgan fingerprint density at radius 2 is 1.32 bits per heavy atom. The molecule has 0 radical (unpaired) electrons. The Labute approximate surface area is 182 Å². The molecule has 0 aliphatic rings. The minimum Gasteiger partial charge on any atom is -0.454 e. The van der Waals surface area contributed by atoms with E-state index >= 15 is 0 Å². The maximum Gasteiger partial charge on any atom is 0.307 e. The number of hydrogen-bond donors (Lipinski definition) is 1. The lowest BCUT2D eigenvalue weighted by Crippen LogP contribution is -2.25. The highest BCUT2D eigenvalue weighted by Crippen LogP contribution is 2.28. The lowest BCUT2D eigenvalue weighted by Gasteiger charge is -2.19. The number of ketones is 1. The van der Waals surface area contributed by atoms with Gasteiger partial charge >= 0.3 is 5.97 Å². The highest BCUT2D eigenvalue weighted by atomic mass is 16.5. The standard InChI is InChI=1S/C26H25NO4/c1-18(26(30)22-13-15-23(16-14-22)27-19(2)28)31-25(29)17-24(20-9-5-3-6-10-20)21-11-7-4-8-12-21/h3-16,18,24H,17H2,1-2H3,(H,27,28). The summed E-state index contributed by atoms with van der Waals surface area (Å²) in [6.45, 7) is 2.99. The molecule has 0 aromatic heterocycles. The highest BCUT2D eigenvalue weighted by Gasteiger charge is 2.23. The first kappa shape index (κ1) is 22.0. The summed E-state index contributed by atoms with van der Waals surface area (Å²) >= 11 is 0. The van der Waals surface area contributed by atoms with E-state index in [0.717, 1.165) is 11.1 Å². The van der Waals surface area contributed by atoms with Gasteiger partial charge in [-0.25, -0.2) is 0 Å². The predicted molar refractivity (Wildman–Crippen MR) is 120 cm³/mol. The van der Waals surface area contributed by atoms with Crippen LogP contribution in [0.15, 0.2) is 84.9 Å². The van der Waals surface area contributed by atoms with E-state index in [4.69, 9.17) is 4.74 Å². The molecule has 0 aliphatic heterocycles. The number of hydrogen-bond acceptors (Lipinski definition) is 4. The van der Waals surface area contributed by atoms with Gasteiger partial charge in [0.2, 0.25) is 11.7 Å². The van der Waals surface area contributed by atoms with Crippen LogP contribution in [0.25, 0.3) is 0 Å². The van der Waals surface area contributed by atoms with Gasteiger partial charge in [-0.3, -0.25) is 14.4 Å². The first-order chi connectivity index (χ1) is 14.9. The van der Waals surface area contributed by atoms with Crippen molar-refractivity contribution in [3.8, 4) is 0 Å². The molecule has 0 aliphatic carbocycles. The number of amides is 1. The van der Waals surface area contributed by atoms with Crippen LogP contribution in [0.3, 0.4) is 0 Å². The van der Waals surface area contributed by atoms with Crippen molar-refractivity contribution in [1.29, 1.82) is 0 Å². The molecular formula is C26H25NO4. The summed E-state index contributed by atoms with van der Waals surface area (Å²) in [5.41, 5.74) is 3.04. The van der Waals surface area contributed by atoms with Crippen LogP contribution in [0, 0.1) is 0 Å². The highest BCUT2D eigenvalue weighted by molar-refractivity contribution is 6.00. The third kappa shape index (κ3) is 6.12. The number of Topliss-reactive ketones (excluding diaryl/α,β-unsaturated/α-hetero) is 1. The molecule has 0 saturated heterocycles. The molecule has 1 amide bonds. The maximum absolute atomic E-state index is 12.7. The number of nitrogens with one attached hydrogen (secondary N) is 1. The smallest absolute Gasteiger partial charge is 0.307 e. The van der Waals surface area contributed by atoms with Crippen molar-refractivity contribution < 1.29 is 19.1 Å². The van der Waals surface area contributed by atoms with Crippen molar-refractivity contribution >= 4 is 23.3 Å². The lowest BCUT2D eigenvalue weighted by molar-refractivity contribution is -0.146. The number of benzene rings is 3. The van der Waals surface area contributed by atoms with E-state index in [1.54, 1.807) is 31.2 Å². The van der Waals surface area contributed by atoms with Crippen LogP contribution in [0.2, 0.25) is 0 Å². The summed E-state index contributed by atoms with van der Waals surface area (Å²) in [5.74, 6) is -1.07. The fourth-order valence-electron chi connectivity index (χ4n) is 3.42. The van der Waals surface area contributed by atoms with Crippen molar-refractivity contribution in [2.75, 3.05) is 5.32 Å². The van der Waals surface area contributed by atoms with Gasteiger partial charge in [0.05, 0.1) is 6.42 Å². The third-order valence-electron chi connectivity index (χ3n) is 4.94. The summed E-state index contributed by atoms with van der Waals surface area (Å²) in [4.78, 5) is 36.5. The molecule has 3 rings (SSSR count). The van der Waals surface area contributed by atoms with Crippen molar-refractivity contribution in [3.63, 3.8) is 0 Å². The molecule has 1 N–H and O–H groups in total. The molecule has 0 fully saturated rings. The quantitative estimate of drug-likeness (QED) is 0.416. The zero-order chi connectivity index (χ0) is 22.2. The Hall–Kier alpha value is -3.73. The topological polar surface area (TPSA) is 72.5 Å². The van der Waals surface area contributed by atoms with Crippen LogP contribution in [-0.2, 0) is 14.3 Å². The Morgan fingerprint density at radius 1 is 0.806 bits per heavy atom. The van der Waals surface area contributed by atoms with Crippen molar-refractivity contribution in [3.05, 3.63) is 102 Å². The van der Waals surface area contributed by atoms with Crippen molar-refractivity contribution in [2.45, 2.75) is 32.3 Å². The monoisotopic (exact) mass is 415 g/mol. The van der Waals surface area contributed by atoms with Crippen molar-refractivity contribution in [2.24, 2.45) is 0 Å². The second-order valence-corrected chi connectivity index (χ2v) is 7.33. The number of esters is 1. The van der Waals surface area contributed by atoms with Crippen molar-refractivity contribution in [1.82, 2.24) is 0 Å². The maximum atomic E-state index is 12.7. The van der Waals surface area contributed by atoms with Gasteiger partial charge in [-0.15, -0.1) is 0 Å². The lowest BCUT2D eigenvalue weighted by atomic mass is 9.88. The van der Waals surface area contributed by atoms with Crippen LogP contribution in [0.5, 0.6) is 0 Å². The molecule has 0 heterocycles. The fraction of sp³-hybridized carbons (Fsp3) is 0.192. The molecule has 0 spiro atoms. The summed E-state index contributed by atoms with van der Waals surface area (Å²) < 4.78 is 5.48. The average molecular weight is 415 g/mol. The molecule has 3 aromatic rings. The van der Waals surface area contributed by atoms with Gasteiger partial charge in [-0.1, -0.05) is 60.7 Å². The van der Waals surface area contributed by atoms with E-state index in [9.17, 15) is 14.4 Å². The van der Waals surface area contributed by atoms with E-state index in [1.807, 2.05) is 60.7 Å². The van der Waals surface area contributed by atoms with E-state index in [2.05, 4.69) is 5.32 Å². The third-order valence-corrected chi connectivity index (χ3v) is 4.94. The van der Waals surface area contributed by atoms with Crippen LogP contribution in [0.4, 0.5) is 5.69 Å². The van der Waals surface area contributed by atoms with E-state index < -0.39 is 12.1 Å². The molecule has 5 heteroatoms. The summed E-state index contributed by atoms with van der Waals surface area (Å²) in [6.07, 6.45) is -0.779. The molecule has 158 valence electrons. The Morgan fingerprint density at radius 3 is 1.81 bits per heavy atom. The molecule has 1 atom stereocenters. The Balaban J connectivity index is 1.67. The number of carbonyl (C=O) groups is 3. The number of rotatable bonds is 8. The molecule has 0 saturated carbocycles. The molecule has 1 unspecified atom stereocenters. The predicted octanol–water partition coefficient (Wildman–Crippen LogP) is 4.98. The zero-order valence-corrected chi connectivity index (χ0v) is 17.6. The average Bonchev–Trinajstić information content (AvgIpc) is 2.78. The molecule has 5 nitrogen and oxygen atoms in total. The summed E-state index contributed by atoms with van der Waals surface area (Å²) in [7, 11) is 0. The van der Waals surface area contributed by atoms with Gasteiger partial charge < -0.3 is 10.1 Å². The number of anilines is 1. The summed E-state index contributed by atoms with van der Waals surface area (Å²) in [6, 6.07) is 26.0. The van der Waals surface area contributed by atoms with Gasteiger partial charge in [0.1, 0.15) is 0 Å². The molecule has 0 bridgehead atoms. The van der Waals surface area contributed by atoms with Gasteiger partial charge in [-0.05, 0) is 42.3 Å². The SMILES string of the molecule is CC(=O)Nc1ccc(C(=O)C(C)OC(=O)CC(c2ccccc2)c2ccccc2)cc1. The molecule has 31 heavy (non-hydrogen) atoms. The zero-order valence-electron chi connectivity index (χ0n) is 17.6. The Bertz CT molecular complexity index is 991. The van der Waals surface area contributed by atoms with Gasteiger partial charge in [0, 0.05) is 24.1 Å². The minimum absolute atomic E-state index is 0.132. The number of carbonyl (C=O) groups excluding carboxylic acids is 3. The Kier molecular flexibility index (Phi) is 7.33. The summed E-state index contributed by atoms with van der Waals surface area (Å²) in [5, 5.41) is 2.65. The molecule has 3 aromatic carbocycles. The van der Waals surface area contributed by atoms with Gasteiger partial charge in [-0.2, -0.15) is 0 Å². The van der Waals surface area contributed by atoms with Crippen LogP contribution in [0.1, 0.15) is 47.7 Å². The van der Waals surface area contributed by atoms with Crippen LogP contribution in [-0.4, -0.2) is 23.8 Å². The van der Waals surface area contributed by atoms with E-state index in [0.29, 0.717) is 11.3 Å². The second-order valence-electron chi connectivity index (χ2n) is 7.33. The largest absolute Gasteiger partial charge is 0.454 e. The second kappa shape index (κ2) is 10.3. The van der Waals surface area contributed by atoms with Crippen LogP contribution < -0.4 is 5.32 Å².